The first kappa shape index (κ1) is 11.9. The van der Waals surface area contributed by atoms with Crippen molar-refractivity contribution in [1.82, 2.24) is 0 Å². The van der Waals surface area contributed by atoms with Crippen LogP contribution in [0.25, 0.3) is 0 Å². The largest absolute Gasteiger partial charge is 0.391 e. The molecule has 16 heavy (non-hydrogen) atoms. The predicted molar refractivity (Wildman–Crippen MR) is 70.9 cm³/mol. The van der Waals surface area contributed by atoms with Gasteiger partial charge in [-0.1, -0.05) is 15.9 Å². The molecule has 0 amide bonds. The van der Waals surface area contributed by atoms with Crippen LogP contribution < -0.4 is 4.90 Å². The number of anilines is 1. The van der Waals surface area contributed by atoms with Crippen molar-refractivity contribution >= 4 is 21.6 Å². The minimum atomic E-state index is -0.239. The molecule has 2 rings (SSSR count). The molecule has 1 saturated heterocycles. The molecule has 0 saturated carbocycles. The summed E-state index contributed by atoms with van der Waals surface area (Å²) in [6.07, 6.45) is 0.610. The Morgan fingerprint density at radius 1 is 1.44 bits per heavy atom. The molecule has 0 aromatic heterocycles. The molecule has 2 nitrogen and oxygen atoms in total. The Bertz CT molecular complexity index is 403. The first-order valence-corrected chi connectivity index (χ1v) is 6.44. The Balaban J connectivity index is 2.35. The van der Waals surface area contributed by atoms with E-state index < -0.39 is 0 Å². The summed E-state index contributed by atoms with van der Waals surface area (Å²) in [6.45, 7) is 7.21. The van der Waals surface area contributed by atoms with E-state index in [0.717, 1.165) is 17.4 Å². The molecule has 1 atom stereocenters. The SMILES string of the molecule is Cc1cc(N2CCC(O)C2(C)C)ccc1Br. The van der Waals surface area contributed by atoms with Gasteiger partial charge in [0.2, 0.25) is 0 Å². The average Bonchev–Trinajstić information content (AvgIpc) is 2.47. The summed E-state index contributed by atoms with van der Waals surface area (Å²) < 4.78 is 1.13. The van der Waals surface area contributed by atoms with Gasteiger partial charge in [-0.25, -0.2) is 0 Å². The van der Waals surface area contributed by atoms with Crippen LogP contribution in [0.2, 0.25) is 0 Å². The van der Waals surface area contributed by atoms with Crippen LogP contribution in [0.5, 0.6) is 0 Å². The maximum absolute atomic E-state index is 9.96. The highest BCUT2D eigenvalue weighted by Gasteiger charge is 2.40. The van der Waals surface area contributed by atoms with Gasteiger partial charge < -0.3 is 10.0 Å². The molecule has 1 heterocycles. The Kier molecular flexibility index (Phi) is 3.01. The van der Waals surface area contributed by atoms with Crippen molar-refractivity contribution in [2.45, 2.75) is 38.8 Å². The number of benzene rings is 1. The van der Waals surface area contributed by atoms with Gasteiger partial charge in [0, 0.05) is 16.7 Å². The number of hydrogen-bond acceptors (Lipinski definition) is 2. The van der Waals surface area contributed by atoms with Gasteiger partial charge in [0.05, 0.1) is 11.6 Å². The second-order valence-electron chi connectivity index (χ2n) is 5.04. The predicted octanol–water partition coefficient (Wildman–Crippen LogP) is 3.11. The summed E-state index contributed by atoms with van der Waals surface area (Å²) in [5.41, 5.74) is 2.26. The number of halogens is 1. The Hall–Kier alpha value is -0.540. The first-order chi connectivity index (χ1) is 7.43. The van der Waals surface area contributed by atoms with Crippen LogP contribution in [0.4, 0.5) is 5.69 Å². The van der Waals surface area contributed by atoms with E-state index in [1.165, 1.54) is 11.3 Å². The molecule has 0 aliphatic carbocycles. The molecule has 0 radical (unpaired) electrons. The maximum atomic E-state index is 9.96. The van der Waals surface area contributed by atoms with Crippen LogP contribution in [-0.2, 0) is 0 Å². The van der Waals surface area contributed by atoms with E-state index in [9.17, 15) is 5.11 Å². The van der Waals surface area contributed by atoms with Crippen molar-refractivity contribution in [1.29, 1.82) is 0 Å². The normalized spacial score (nSPS) is 23.8. The van der Waals surface area contributed by atoms with Gasteiger partial charge in [0.15, 0.2) is 0 Å². The van der Waals surface area contributed by atoms with Gasteiger partial charge in [-0.15, -0.1) is 0 Å². The summed E-state index contributed by atoms with van der Waals surface area (Å²) in [5.74, 6) is 0. The van der Waals surface area contributed by atoms with E-state index in [1.54, 1.807) is 0 Å². The van der Waals surface area contributed by atoms with Crippen LogP contribution in [0, 0.1) is 6.92 Å². The monoisotopic (exact) mass is 283 g/mol. The quantitative estimate of drug-likeness (QED) is 0.856. The zero-order valence-corrected chi connectivity index (χ0v) is 11.6. The fourth-order valence-electron chi connectivity index (χ4n) is 2.33. The number of aryl methyl sites for hydroxylation is 1. The van der Waals surface area contributed by atoms with E-state index in [0.29, 0.717) is 0 Å². The molecular weight excluding hydrogens is 266 g/mol. The third kappa shape index (κ3) is 1.87. The fourth-order valence-corrected chi connectivity index (χ4v) is 2.58. The highest BCUT2D eigenvalue weighted by atomic mass is 79.9. The average molecular weight is 284 g/mol. The summed E-state index contributed by atoms with van der Waals surface area (Å²) >= 11 is 3.51. The van der Waals surface area contributed by atoms with E-state index >= 15 is 0 Å². The molecule has 3 heteroatoms. The highest BCUT2D eigenvalue weighted by molar-refractivity contribution is 9.10. The summed E-state index contributed by atoms with van der Waals surface area (Å²) in [4.78, 5) is 2.29. The molecule has 1 aromatic carbocycles. The smallest absolute Gasteiger partial charge is 0.0783 e. The van der Waals surface area contributed by atoms with Crippen molar-refractivity contribution in [3.63, 3.8) is 0 Å². The summed E-state index contributed by atoms with van der Waals surface area (Å²) in [5, 5.41) is 9.96. The molecule has 1 fully saturated rings. The van der Waals surface area contributed by atoms with E-state index in [1.807, 2.05) is 0 Å². The second kappa shape index (κ2) is 4.04. The van der Waals surface area contributed by atoms with Crippen LogP contribution in [0.3, 0.4) is 0 Å². The molecule has 88 valence electrons. The van der Waals surface area contributed by atoms with Crippen LogP contribution in [0.1, 0.15) is 25.8 Å². The third-order valence-electron chi connectivity index (χ3n) is 3.59. The Morgan fingerprint density at radius 3 is 2.62 bits per heavy atom. The molecule has 1 aliphatic rings. The van der Waals surface area contributed by atoms with Gasteiger partial charge in [-0.05, 0) is 51.0 Å². The van der Waals surface area contributed by atoms with Crippen LogP contribution >= 0.6 is 15.9 Å². The van der Waals surface area contributed by atoms with Crippen molar-refractivity contribution in [2.24, 2.45) is 0 Å². The number of nitrogens with zero attached hydrogens (tertiary/aromatic N) is 1. The molecule has 1 aliphatic heterocycles. The molecule has 0 bridgehead atoms. The summed E-state index contributed by atoms with van der Waals surface area (Å²) in [6, 6.07) is 6.35. The molecule has 1 aromatic rings. The van der Waals surface area contributed by atoms with Gasteiger partial charge in [0.25, 0.3) is 0 Å². The van der Waals surface area contributed by atoms with Gasteiger partial charge >= 0.3 is 0 Å². The van der Waals surface area contributed by atoms with Crippen molar-refractivity contribution in [3.05, 3.63) is 28.2 Å². The number of rotatable bonds is 1. The van der Waals surface area contributed by atoms with Crippen LogP contribution in [-0.4, -0.2) is 23.3 Å². The minimum Gasteiger partial charge on any atom is -0.391 e. The highest BCUT2D eigenvalue weighted by Crippen LogP contribution is 2.35. The molecule has 1 N–H and O–H groups in total. The zero-order chi connectivity index (χ0) is 11.9. The molecule has 1 unspecified atom stereocenters. The Labute approximate surface area is 105 Å². The lowest BCUT2D eigenvalue weighted by Gasteiger charge is -2.35. The van der Waals surface area contributed by atoms with Gasteiger partial charge in [0.1, 0.15) is 0 Å². The topological polar surface area (TPSA) is 23.5 Å². The van der Waals surface area contributed by atoms with Gasteiger partial charge in [-0.2, -0.15) is 0 Å². The number of aliphatic hydroxyl groups is 1. The van der Waals surface area contributed by atoms with Crippen molar-refractivity contribution < 1.29 is 5.11 Å². The molecular formula is C13H18BrNO. The van der Waals surface area contributed by atoms with E-state index in [2.05, 4.69) is 59.8 Å². The fraction of sp³-hybridized carbons (Fsp3) is 0.538. The second-order valence-corrected chi connectivity index (χ2v) is 5.90. The van der Waals surface area contributed by atoms with Crippen molar-refractivity contribution in [3.8, 4) is 0 Å². The maximum Gasteiger partial charge on any atom is 0.0783 e. The lowest BCUT2D eigenvalue weighted by Crippen LogP contribution is -2.45. The number of aliphatic hydroxyl groups excluding tert-OH is 1. The van der Waals surface area contributed by atoms with E-state index in [-0.39, 0.29) is 11.6 Å². The third-order valence-corrected chi connectivity index (χ3v) is 4.48. The summed E-state index contributed by atoms with van der Waals surface area (Å²) in [7, 11) is 0. The Morgan fingerprint density at radius 2 is 2.12 bits per heavy atom. The lowest BCUT2D eigenvalue weighted by atomic mass is 9.98. The van der Waals surface area contributed by atoms with Gasteiger partial charge in [-0.3, -0.25) is 0 Å². The minimum absolute atomic E-state index is 0.166. The zero-order valence-electron chi connectivity index (χ0n) is 10.00. The standard InChI is InChI=1S/C13H18BrNO/c1-9-8-10(4-5-11(9)14)15-7-6-12(16)13(15,2)3/h4-5,8,12,16H,6-7H2,1-3H3. The first-order valence-electron chi connectivity index (χ1n) is 5.65. The lowest BCUT2D eigenvalue weighted by molar-refractivity contribution is 0.127. The van der Waals surface area contributed by atoms with E-state index in [4.69, 9.17) is 0 Å². The number of hydrogen-bond donors (Lipinski definition) is 1. The van der Waals surface area contributed by atoms with Crippen LogP contribution in [0.15, 0.2) is 22.7 Å². The van der Waals surface area contributed by atoms with Crippen molar-refractivity contribution in [2.75, 3.05) is 11.4 Å². The molecule has 0 spiro atoms.